The van der Waals surface area contributed by atoms with Crippen molar-refractivity contribution in [1.82, 2.24) is 4.90 Å². The molecule has 2 aliphatic heterocycles. The predicted molar refractivity (Wildman–Crippen MR) is 116 cm³/mol. The molecule has 2 heterocycles. The van der Waals surface area contributed by atoms with Crippen LogP contribution in [0.5, 0.6) is 0 Å². The van der Waals surface area contributed by atoms with Gasteiger partial charge in [0.2, 0.25) is 0 Å². The first kappa shape index (κ1) is 20.0. The SMILES string of the molecule is Cc1ccc(F)c2c1NC(CNc1cccc(N3CC[C@@H](N(C)C)[C@@H](F)C3)c1)C2. The van der Waals surface area contributed by atoms with Crippen LogP contribution in [0.15, 0.2) is 36.4 Å². The molecule has 0 saturated carbocycles. The highest BCUT2D eigenvalue weighted by Crippen LogP contribution is 2.32. The maximum atomic E-state index is 14.5. The zero-order chi connectivity index (χ0) is 20.5. The molecule has 2 aromatic rings. The normalized spacial score (nSPS) is 23.8. The van der Waals surface area contributed by atoms with Gasteiger partial charge in [0.05, 0.1) is 6.54 Å². The van der Waals surface area contributed by atoms with Crippen LogP contribution >= 0.6 is 0 Å². The molecule has 0 spiro atoms. The van der Waals surface area contributed by atoms with Crippen molar-refractivity contribution < 1.29 is 8.78 Å². The molecule has 3 atom stereocenters. The van der Waals surface area contributed by atoms with E-state index in [1.54, 1.807) is 6.07 Å². The number of rotatable bonds is 5. The maximum Gasteiger partial charge on any atom is 0.133 e. The van der Waals surface area contributed by atoms with Crippen LogP contribution in [-0.2, 0) is 6.42 Å². The number of nitrogens with one attached hydrogen (secondary N) is 2. The highest BCUT2D eigenvalue weighted by molar-refractivity contribution is 5.63. The molecule has 1 fully saturated rings. The van der Waals surface area contributed by atoms with Crippen LogP contribution < -0.4 is 15.5 Å². The van der Waals surface area contributed by atoms with Crippen LogP contribution in [0.25, 0.3) is 0 Å². The van der Waals surface area contributed by atoms with Gasteiger partial charge in [-0.15, -0.1) is 0 Å². The minimum absolute atomic E-state index is 0.00789. The van der Waals surface area contributed by atoms with E-state index in [-0.39, 0.29) is 17.9 Å². The summed E-state index contributed by atoms with van der Waals surface area (Å²) in [6, 6.07) is 11.7. The summed E-state index contributed by atoms with van der Waals surface area (Å²) in [6.45, 7) is 3.97. The van der Waals surface area contributed by atoms with E-state index in [0.29, 0.717) is 19.5 Å². The van der Waals surface area contributed by atoms with Gasteiger partial charge >= 0.3 is 0 Å². The van der Waals surface area contributed by atoms with Gasteiger partial charge in [0.25, 0.3) is 0 Å². The Balaban J connectivity index is 1.37. The smallest absolute Gasteiger partial charge is 0.133 e. The molecule has 1 unspecified atom stereocenters. The lowest BCUT2D eigenvalue weighted by Crippen LogP contribution is -2.50. The standard InChI is InChI=1S/C23H30F2N4/c1-15-7-8-20(24)19-12-17(27-23(15)19)13-26-16-5-4-6-18(11-16)29-10-9-22(28(2)3)21(25)14-29/h4-8,11,17,21-22,26-27H,9-10,12-14H2,1-3H3/t17?,21-,22+/m0/s1. The van der Waals surface area contributed by atoms with Crippen molar-refractivity contribution in [2.75, 3.05) is 49.3 Å². The molecule has 4 nitrogen and oxygen atoms in total. The van der Waals surface area contributed by atoms with E-state index in [2.05, 4.69) is 21.6 Å². The highest BCUT2D eigenvalue weighted by Gasteiger charge is 2.30. The zero-order valence-electron chi connectivity index (χ0n) is 17.4. The number of aryl methyl sites for hydroxylation is 1. The lowest BCUT2D eigenvalue weighted by Gasteiger charge is -2.39. The second-order valence-electron chi connectivity index (χ2n) is 8.48. The number of hydrogen-bond acceptors (Lipinski definition) is 4. The third-order valence-electron chi connectivity index (χ3n) is 6.20. The summed E-state index contributed by atoms with van der Waals surface area (Å²) in [6.07, 6.45) is 0.646. The Morgan fingerprint density at radius 1 is 1.24 bits per heavy atom. The van der Waals surface area contributed by atoms with Crippen LogP contribution in [0.4, 0.5) is 25.8 Å². The van der Waals surface area contributed by atoms with E-state index in [9.17, 15) is 8.78 Å². The van der Waals surface area contributed by atoms with Crippen molar-refractivity contribution >= 4 is 17.1 Å². The average Bonchev–Trinajstić information content (AvgIpc) is 3.15. The predicted octanol–water partition coefficient (Wildman–Crippen LogP) is 4.06. The molecule has 29 heavy (non-hydrogen) atoms. The van der Waals surface area contributed by atoms with E-state index < -0.39 is 6.17 Å². The molecule has 0 radical (unpaired) electrons. The van der Waals surface area contributed by atoms with Gasteiger partial charge in [0.15, 0.2) is 0 Å². The number of alkyl halides is 1. The molecular formula is C23H30F2N4. The molecule has 1 saturated heterocycles. The second kappa shape index (κ2) is 8.19. The number of piperidine rings is 1. The van der Waals surface area contributed by atoms with Gasteiger partial charge in [-0.1, -0.05) is 12.1 Å². The number of benzene rings is 2. The summed E-state index contributed by atoms with van der Waals surface area (Å²) in [5, 5.41) is 6.91. The van der Waals surface area contributed by atoms with Gasteiger partial charge < -0.3 is 20.4 Å². The zero-order valence-corrected chi connectivity index (χ0v) is 17.4. The van der Waals surface area contributed by atoms with Crippen molar-refractivity contribution in [3.8, 4) is 0 Å². The van der Waals surface area contributed by atoms with Gasteiger partial charge in [-0.25, -0.2) is 8.78 Å². The third kappa shape index (κ3) is 4.17. The second-order valence-corrected chi connectivity index (χ2v) is 8.48. The van der Waals surface area contributed by atoms with Crippen molar-refractivity contribution in [1.29, 1.82) is 0 Å². The van der Waals surface area contributed by atoms with Gasteiger partial charge in [-0.2, -0.15) is 0 Å². The van der Waals surface area contributed by atoms with Crippen molar-refractivity contribution in [3.05, 3.63) is 53.3 Å². The molecule has 0 aromatic heterocycles. The average molecular weight is 401 g/mol. The number of hydrogen-bond donors (Lipinski definition) is 2. The lowest BCUT2D eigenvalue weighted by atomic mass is 10.0. The summed E-state index contributed by atoms with van der Waals surface area (Å²) in [5.74, 6) is -0.135. The Labute approximate surface area is 171 Å². The van der Waals surface area contributed by atoms with Crippen LogP contribution in [0.2, 0.25) is 0 Å². The molecule has 0 aliphatic carbocycles. The monoisotopic (exact) mass is 400 g/mol. The molecule has 156 valence electrons. The van der Waals surface area contributed by atoms with E-state index in [1.165, 1.54) is 0 Å². The van der Waals surface area contributed by atoms with Crippen molar-refractivity contribution in [3.63, 3.8) is 0 Å². The Kier molecular flexibility index (Phi) is 5.63. The minimum atomic E-state index is -0.852. The summed E-state index contributed by atoms with van der Waals surface area (Å²) in [7, 11) is 3.89. The van der Waals surface area contributed by atoms with Crippen LogP contribution in [0, 0.1) is 12.7 Å². The first-order chi connectivity index (χ1) is 13.9. The van der Waals surface area contributed by atoms with E-state index >= 15 is 0 Å². The van der Waals surface area contributed by atoms with Crippen LogP contribution in [0.3, 0.4) is 0 Å². The Morgan fingerprint density at radius 2 is 2.07 bits per heavy atom. The van der Waals surface area contributed by atoms with Gasteiger partial charge in [0.1, 0.15) is 12.0 Å². The molecule has 2 aliphatic rings. The Bertz CT molecular complexity index is 839. The number of nitrogens with zero attached hydrogens (tertiary/aromatic N) is 2. The largest absolute Gasteiger partial charge is 0.383 e. The van der Waals surface area contributed by atoms with Gasteiger partial charge in [0, 0.05) is 47.8 Å². The first-order valence-electron chi connectivity index (χ1n) is 10.4. The third-order valence-corrected chi connectivity index (χ3v) is 6.20. The summed E-state index contributed by atoms with van der Waals surface area (Å²) < 4.78 is 28.6. The van der Waals surface area contributed by atoms with E-state index in [4.69, 9.17) is 0 Å². The molecular weight excluding hydrogens is 370 g/mol. The molecule has 2 N–H and O–H groups in total. The fourth-order valence-electron chi connectivity index (χ4n) is 4.53. The molecule has 2 aromatic carbocycles. The van der Waals surface area contributed by atoms with Crippen LogP contribution in [-0.4, -0.2) is 56.9 Å². The summed E-state index contributed by atoms with van der Waals surface area (Å²) >= 11 is 0. The highest BCUT2D eigenvalue weighted by atomic mass is 19.1. The first-order valence-corrected chi connectivity index (χ1v) is 10.4. The van der Waals surface area contributed by atoms with Gasteiger partial charge in [-0.3, -0.25) is 0 Å². The Hall–Kier alpha value is -2.34. The number of halogens is 2. The quantitative estimate of drug-likeness (QED) is 0.792. The van der Waals surface area contributed by atoms with E-state index in [1.807, 2.05) is 50.2 Å². The number of anilines is 3. The fraction of sp³-hybridized carbons (Fsp3) is 0.478. The molecule has 0 bridgehead atoms. The minimum Gasteiger partial charge on any atom is -0.383 e. The fourth-order valence-corrected chi connectivity index (χ4v) is 4.53. The topological polar surface area (TPSA) is 30.5 Å². The van der Waals surface area contributed by atoms with Gasteiger partial charge in [-0.05, 0) is 63.7 Å². The molecule has 6 heteroatoms. The maximum absolute atomic E-state index is 14.5. The van der Waals surface area contributed by atoms with Crippen molar-refractivity contribution in [2.45, 2.75) is 38.0 Å². The summed E-state index contributed by atoms with van der Waals surface area (Å²) in [4.78, 5) is 4.11. The summed E-state index contributed by atoms with van der Waals surface area (Å²) in [5.41, 5.74) is 4.83. The van der Waals surface area contributed by atoms with Crippen molar-refractivity contribution in [2.24, 2.45) is 0 Å². The lowest BCUT2D eigenvalue weighted by molar-refractivity contribution is 0.137. The van der Waals surface area contributed by atoms with Crippen LogP contribution in [0.1, 0.15) is 17.5 Å². The number of fused-ring (bicyclic) bond motifs is 1. The molecule has 0 amide bonds. The van der Waals surface area contributed by atoms with E-state index in [0.717, 1.165) is 41.2 Å². The Morgan fingerprint density at radius 3 is 2.79 bits per heavy atom. The molecule has 4 rings (SSSR count).